The summed E-state index contributed by atoms with van der Waals surface area (Å²) in [6.45, 7) is 0. The monoisotopic (exact) mass is 314 g/mol. The zero-order valence-electron chi connectivity index (χ0n) is 12.7. The first kappa shape index (κ1) is 14.1. The van der Waals surface area contributed by atoms with Crippen LogP contribution >= 0.6 is 0 Å². The standard InChI is InChI=1S/C19H14N4O/c24-19(17-12-16(22-23-17)13-6-2-1-3-7-13)21-15-10-4-8-14-9-5-11-20-18(14)15/h1-12H,(H,21,24)(H,22,23). The number of aromatic amines is 1. The third-order valence-corrected chi connectivity index (χ3v) is 3.77. The molecule has 0 bridgehead atoms. The summed E-state index contributed by atoms with van der Waals surface area (Å²) < 4.78 is 0. The molecule has 0 saturated carbocycles. The number of benzene rings is 2. The second-order valence-electron chi connectivity index (χ2n) is 5.37. The Morgan fingerprint density at radius 1 is 0.958 bits per heavy atom. The van der Waals surface area contributed by atoms with Crippen molar-refractivity contribution in [3.63, 3.8) is 0 Å². The third kappa shape index (κ3) is 2.63. The number of nitrogens with zero attached hydrogens (tertiary/aromatic N) is 2. The number of amides is 1. The molecule has 0 radical (unpaired) electrons. The van der Waals surface area contributed by atoms with Crippen molar-refractivity contribution < 1.29 is 4.79 Å². The summed E-state index contributed by atoms with van der Waals surface area (Å²) in [4.78, 5) is 16.8. The number of carbonyl (C=O) groups is 1. The molecule has 2 aromatic heterocycles. The first-order chi connectivity index (χ1) is 11.8. The Morgan fingerprint density at radius 2 is 1.79 bits per heavy atom. The van der Waals surface area contributed by atoms with Crippen LogP contribution in [0.5, 0.6) is 0 Å². The van der Waals surface area contributed by atoms with Gasteiger partial charge < -0.3 is 5.32 Å². The van der Waals surface area contributed by atoms with E-state index in [0.29, 0.717) is 11.4 Å². The Balaban J connectivity index is 1.62. The van der Waals surface area contributed by atoms with Gasteiger partial charge in [-0.25, -0.2) is 0 Å². The molecule has 0 aliphatic heterocycles. The van der Waals surface area contributed by atoms with Gasteiger partial charge >= 0.3 is 0 Å². The average molecular weight is 314 g/mol. The van der Waals surface area contributed by atoms with E-state index in [-0.39, 0.29) is 5.91 Å². The van der Waals surface area contributed by atoms with Crippen molar-refractivity contribution >= 4 is 22.5 Å². The van der Waals surface area contributed by atoms with Gasteiger partial charge in [-0.3, -0.25) is 14.9 Å². The van der Waals surface area contributed by atoms with Gasteiger partial charge in [-0.15, -0.1) is 0 Å². The molecule has 0 spiro atoms. The summed E-state index contributed by atoms with van der Waals surface area (Å²) in [5, 5.41) is 10.9. The van der Waals surface area contributed by atoms with Crippen LogP contribution in [-0.2, 0) is 0 Å². The normalized spacial score (nSPS) is 10.7. The lowest BCUT2D eigenvalue weighted by atomic mass is 10.1. The summed E-state index contributed by atoms with van der Waals surface area (Å²) in [6, 6.07) is 21.0. The maximum Gasteiger partial charge on any atom is 0.273 e. The topological polar surface area (TPSA) is 70.7 Å². The highest BCUT2D eigenvalue weighted by molar-refractivity contribution is 6.07. The minimum Gasteiger partial charge on any atom is -0.319 e. The SMILES string of the molecule is O=C(Nc1cccc2cccnc12)c1cc(-c2ccccc2)n[nH]1. The van der Waals surface area contributed by atoms with Gasteiger partial charge in [-0.05, 0) is 18.2 Å². The molecule has 2 N–H and O–H groups in total. The maximum absolute atomic E-state index is 12.5. The maximum atomic E-state index is 12.5. The zero-order valence-corrected chi connectivity index (χ0v) is 12.7. The number of carbonyl (C=O) groups excluding carboxylic acids is 1. The van der Waals surface area contributed by atoms with Crippen LogP contribution in [0.2, 0.25) is 0 Å². The predicted molar refractivity (Wildman–Crippen MR) is 93.7 cm³/mol. The second kappa shape index (κ2) is 5.96. The van der Waals surface area contributed by atoms with Crippen LogP contribution in [0.1, 0.15) is 10.5 Å². The van der Waals surface area contributed by atoms with E-state index < -0.39 is 0 Å². The largest absolute Gasteiger partial charge is 0.319 e. The van der Waals surface area contributed by atoms with Crippen LogP contribution in [0.15, 0.2) is 72.9 Å². The number of rotatable bonds is 3. The Bertz CT molecular complexity index is 1000. The molecule has 0 atom stereocenters. The fraction of sp³-hybridized carbons (Fsp3) is 0. The van der Waals surface area contributed by atoms with Crippen molar-refractivity contribution in [1.29, 1.82) is 0 Å². The molecule has 2 heterocycles. The fourth-order valence-corrected chi connectivity index (χ4v) is 2.59. The lowest BCUT2D eigenvalue weighted by Crippen LogP contribution is -2.12. The molecule has 0 fully saturated rings. The number of aromatic nitrogens is 3. The molecule has 5 nitrogen and oxygen atoms in total. The Labute approximate surface area is 138 Å². The number of fused-ring (bicyclic) bond motifs is 1. The van der Waals surface area contributed by atoms with Crippen LogP contribution in [0.25, 0.3) is 22.2 Å². The Morgan fingerprint density at radius 3 is 2.67 bits per heavy atom. The summed E-state index contributed by atoms with van der Waals surface area (Å²) in [6.07, 6.45) is 1.71. The number of hydrogen-bond acceptors (Lipinski definition) is 3. The van der Waals surface area contributed by atoms with E-state index in [0.717, 1.165) is 22.2 Å². The Hall–Kier alpha value is -3.47. The molecule has 24 heavy (non-hydrogen) atoms. The smallest absolute Gasteiger partial charge is 0.273 e. The van der Waals surface area contributed by atoms with E-state index in [4.69, 9.17) is 0 Å². The third-order valence-electron chi connectivity index (χ3n) is 3.77. The highest BCUT2D eigenvalue weighted by Gasteiger charge is 2.12. The van der Waals surface area contributed by atoms with Gasteiger partial charge in [0.1, 0.15) is 5.69 Å². The first-order valence-electron chi connectivity index (χ1n) is 7.57. The van der Waals surface area contributed by atoms with Crippen molar-refractivity contribution in [2.24, 2.45) is 0 Å². The van der Waals surface area contributed by atoms with Crippen molar-refractivity contribution in [2.45, 2.75) is 0 Å². The summed E-state index contributed by atoms with van der Waals surface area (Å²) in [7, 11) is 0. The van der Waals surface area contributed by atoms with Crippen molar-refractivity contribution in [3.05, 3.63) is 78.6 Å². The summed E-state index contributed by atoms with van der Waals surface area (Å²) >= 11 is 0. The summed E-state index contributed by atoms with van der Waals surface area (Å²) in [5.74, 6) is -0.247. The van der Waals surface area contributed by atoms with E-state index in [1.807, 2.05) is 60.7 Å². The molecule has 116 valence electrons. The van der Waals surface area contributed by atoms with E-state index in [1.54, 1.807) is 12.3 Å². The van der Waals surface area contributed by atoms with Crippen LogP contribution in [0, 0.1) is 0 Å². The van der Waals surface area contributed by atoms with E-state index in [1.165, 1.54) is 0 Å². The molecule has 1 amide bonds. The highest BCUT2D eigenvalue weighted by atomic mass is 16.1. The van der Waals surface area contributed by atoms with Gasteiger partial charge in [0.05, 0.1) is 16.9 Å². The van der Waals surface area contributed by atoms with Crippen molar-refractivity contribution in [2.75, 3.05) is 5.32 Å². The quantitative estimate of drug-likeness (QED) is 0.603. The molecular weight excluding hydrogens is 300 g/mol. The molecular formula is C19H14N4O. The van der Waals surface area contributed by atoms with Crippen molar-refractivity contribution in [3.8, 4) is 11.3 Å². The number of hydrogen-bond donors (Lipinski definition) is 2. The molecule has 0 unspecified atom stereocenters. The molecule has 4 rings (SSSR count). The van der Waals surface area contributed by atoms with Gasteiger partial charge in [0.25, 0.3) is 5.91 Å². The number of pyridine rings is 1. The van der Waals surface area contributed by atoms with Crippen molar-refractivity contribution in [1.82, 2.24) is 15.2 Å². The predicted octanol–water partition coefficient (Wildman–Crippen LogP) is 3.88. The average Bonchev–Trinajstić information content (AvgIpc) is 3.13. The zero-order chi connectivity index (χ0) is 16.4. The number of anilines is 1. The van der Waals surface area contributed by atoms with E-state index in [9.17, 15) is 4.79 Å². The van der Waals surface area contributed by atoms with Gasteiger partial charge in [0.15, 0.2) is 0 Å². The lowest BCUT2D eigenvalue weighted by molar-refractivity contribution is 0.102. The summed E-state index contributed by atoms with van der Waals surface area (Å²) in [5.41, 5.74) is 3.53. The first-order valence-corrected chi connectivity index (χ1v) is 7.57. The number of nitrogens with one attached hydrogen (secondary N) is 2. The number of para-hydroxylation sites is 1. The molecule has 0 aliphatic carbocycles. The van der Waals surface area contributed by atoms with Crippen LogP contribution in [-0.4, -0.2) is 21.1 Å². The van der Waals surface area contributed by atoms with Gasteiger partial charge in [0, 0.05) is 17.1 Å². The Kier molecular flexibility index (Phi) is 3.51. The van der Waals surface area contributed by atoms with Crippen LogP contribution in [0.4, 0.5) is 5.69 Å². The van der Waals surface area contributed by atoms with E-state index in [2.05, 4.69) is 20.5 Å². The minimum atomic E-state index is -0.247. The fourth-order valence-electron chi connectivity index (χ4n) is 2.59. The lowest BCUT2D eigenvalue weighted by Gasteiger charge is -2.06. The van der Waals surface area contributed by atoms with E-state index >= 15 is 0 Å². The van der Waals surface area contributed by atoms with Crippen LogP contribution < -0.4 is 5.32 Å². The highest BCUT2D eigenvalue weighted by Crippen LogP contribution is 2.22. The minimum absolute atomic E-state index is 0.247. The molecule has 2 aromatic carbocycles. The second-order valence-corrected chi connectivity index (χ2v) is 5.37. The van der Waals surface area contributed by atoms with Gasteiger partial charge in [-0.1, -0.05) is 48.5 Å². The van der Waals surface area contributed by atoms with Crippen LogP contribution in [0.3, 0.4) is 0 Å². The molecule has 4 aromatic rings. The molecule has 5 heteroatoms. The van der Waals surface area contributed by atoms with Gasteiger partial charge in [-0.2, -0.15) is 5.10 Å². The molecule has 0 aliphatic rings. The molecule has 0 saturated heterocycles. The van der Waals surface area contributed by atoms with Gasteiger partial charge in [0.2, 0.25) is 0 Å². The number of H-pyrrole nitrogens is 1.